The lowest BCUT2D eigenvalue weighted by molar-refractivity contribution is -0.143. The Kier molecular flexibility index (Phi) is 9.32. The predicted molar refractivity (Wildman–Crippen MR) is 133 cm³/mol. The highest BCUT2D eigenvalue weighted by atomic mass is 79.9. The van der Waals surface area contributed by atoms with Crippen LogP contribution in [0.5, 0.6) is 5.75 Å². The number of halogens is 1. The molecule has 2 aromatic rings. The van der Waals surface area contributed by atoms with E-state index in [0.717, 1.165) is 10.0 Å². The molecule has 2 rings (SSSR count). The Morgan fingerprint density at radius 1 is 1.09 bits per heavy atom. The maximum Gasteiger partial charge on any atom is 0.261 e. The lowest BCUT2D eigenvalue weighted by Crippen LogP contribution is -2.54. The van der Waals surface area contributed by atoms with Crippen LogP contribution < -0.4 is 10.1 Å². The molecule has 0 aliphatic heterocycles. The minimum Gasteiger partial charge on any atom is -0.483 e. The smallest absolute Gasteiger partial charge is 0.261 e. The third-order valence-electron chi connectivity index (χ3n) is 5.05. The maximum absolute atomic E-state index is 13.3. The molecular formula is C26H35BrN2O3. The van der Waals surface area contributed by atoms with Gasteiger partial charge in [0.25, 0.3) is 5.91 Å². The van der Waals surface area contributed by atoms with Gasteiger partial charge in [-0.25, -0.2) is 0 Å². The molecule has 0 saturated heterocycles. The van der Waals surface area contributed by atoms with E-state index in [4.69, 9.17) is 4.74 Å². The number of rotatable bonds is 9. The van der Waals surface area contributed by atoms with Gasteiger partial charge in [-0.3, -0.25) is 9.59 Å². The largest absolute Gasteiger partial charge is 0.483 e. The second-order valence-electron chi connectivity index (χ2n) is 9.30. The first-order valence-electron chi connectivity index (χ1n) is 11.1. The zero-order valence-corrected chi connectivity index (χ0v) is 21.5. The van der Waals surface area contributed by atoms with Crippen molar-refractivity contribution in [2.75, 3.05) is 6.61 Å². The Hall–Kier alpha value is -2.34. The number of nitrogens with zero attached hydrogens (tertiary/aromatic N) is 1. The topological polar surface area (TPSA) is 58.6 Å². The Morgan fingerprint density at radius 2 is 1.75 bits per heavy atom. The third-order valence-corrected chi connectivity index (χ3v) is 5.67. The fourth-order valence-corrected chi connectivity index (χ4v) is 3.88. The molecule has 1 atom stereocenters. The first kappa shape index (κ1) is 25.9. The van der Waals surface area contributed by atoms with E-state index >= 15 is 0 Å². The van der Waals surface area contributed by atoms with E-state index in [-0.39, 0.29) is 24.0 Å². The first-order valence-corrected chi connectivity index (χ1v) is 11.9. The molecule has 1 N–H and O–H groups in total. The first-order chi connectivity index (χ1) is 15.0. The van der Waals surface area contributed by atoms with Gasteiger partial charge in [-0.05, 0) is 72.3 Å². The summed E-state index contributed by atoms with van der Waals surface area (Å²) in [6.45, 7) is 12.2. The predicted octanol–water partition coefficient (Wildman–Crippen LogP) is 5.67. The van der Waals surface area contributed by atoms with E-state index in [1.165, 1.54) is 5.56 Å². The molecule has 0 unspecified atom stereocenters. The number of hydrogen-bond donors (Lipinski definition) is 1. The number of amides is 2. The van der Waals surface area contributed by atoms with Crippen LogP contribution in [-0.4, -0.2) is 34.9 Å². The minimum absolute atomic E-state index is 0.147. The average Bonchev–Trinajstić information content (AvgIpc) is 2.71. The number of carbonyl (C=O) groups excluding carboxylic acids is 2. The van der Waals surface area contributed by atoms with Gasteiger partial charge < -0.3 is 15.0 Å². The van der Waals surface area contributed by atoms with Crippen LogP contribution in [0, 0.1) is 0 Å². The van der Waals surface area contributed by atoms with Gasteiger partial charge in [0.05, 0.1) is 4.47 Å². The van der Waals surface area contributed by atoms with Crippen LogP contribution >= 0.6 is 15.9 Å². The number of carbonyl (C=O) groups is 2. The third kappa shape index (κ3) is 7.66. The van der Waals surface area contributed by atoms with Crippen molar-refractivity contribution in [1.82, 2.24) is 10.2 Å². The average molecular weight is 503 g/mol. The van der Waals surface area contributed by atoms with Crippen molar-refractivity contribution in [2.45, 2.75) is 72.0 Å². The van der Waals surface area contributed by atoms with Crippen LogP contribution in [0.3, 0.4) is 0 Å². The molecular weight excluding hydrogens is 468 g/mol. The molecule has 0 bridgehead atoms. The maximum atomic E-state index is 13.3. The fourth-order valence-electron chi connectivity index (χ4n) is 3.37. The van der Waals surface area contributed by atoms with Crippen LogP contribution in [0.25, 0.3) is 0 Å². The van der Waals surface area contributed by atoms with E-state index in [2.05, 4.69) is 35.1 Å². The standard InChI is InChI=1S/C26H35BrN2O3/c1-7-22(25(31)28-26(4,5)6)29(16-19-11-9-8-10-12-19)24(30)17-32-23-14-13-20(18(2)3)15-21(23)27/h8-15,18,22H,7,16-17H2,1-6H3,(H,28,31)/t22-/m0/s1. The minimum atomic E-state index is -0.586. The molecule has 0 heterocycles. The molecule has 0 aliphatic carbocycles. The van der Waals surface area contributed by atoms with Crippen LogP contribution in [0.1, 0.15) is 65.0 Å². The van der Waals surface area contributed by atoms with Crippen molar-refractivity contribution in [2.24, 2.45) is 0 Å². The summed E-state index contributed by atoms with van der Waals surface area (Å²) in [5.74, 6) is 0.612. The molecule has 0 aliphatic rings. The summed E-state index contributed by atoms with van der Waals surface area (Å²) in [5, 5.41) is 3.01. The van der Waals surface area contributed by atoms with Gasteiger partial charge in [-0.1, -0.05) is 57.2 Å². The molecule has 6 heteroatoms. The summed E-state index contributed by atoms with van der Waals surface area (Å²) in [4.78, 5) is 27.9. The molecule has 0 fully saturated rings. The monoisotopic (exact) mass is 502 g/mol. The summed E-state index contributed by atoms with van der Waals surface area (Å²) >= 11 is 3.54. The van der Waals surface area contributed by atoms with Crippen molar-refractivity contribution < 1.29 is 14.3 Å². The van der Waals surface area contributed by atoms with Crippen LogP contribution in [-0.2, 0) is 16.1 Å². The zero-order chi connectivity index (χ0) is 23.9. The molecule has 0 spiro atoms. The van der Waals surface area contributed by atoms with Gasteiger partial charge in [0, 0.05) is 12.1 Å². The van der Waals surface area contributed by atoms with Crippen molar-refractivity contribution >= 4 is 27.7 Å². The molecule has 174 valence electrons. The van der Waals surface area contributed by atoms with E-state index in [9.17, 15) is 9.59 Å². The molecule has 2 aromatic carbocycles. The Bertz CT molecular complexity index is 907. The SMILES string of the molecule is CC[C@@H](C(=O)NC(C)(C)C)N(Cc1ccccc1)C(=O)COc1ccc(C(C)C)cc1Br. The highest BCUT2D eigenvalue weighted by molar-refractivity contribution is 9.10. The normalized spacial score (nSPS) is 12.4. The summed E-state index contributed by atoms with van der Waals surface area (Å²) in [5.41, 5.74) is 1.77. The van der Waals surface area contributed by atoms with Gasteiger partial charge in [-0.2, -0.15) is 0 Å². The molecule has 2 amide bonds. The molecule has 0 radical (unpaired) electrons. The van der Waals surface area contributed by atoms with Crippen LogP contribution in [0.15, 0.2) is 53.0 Å². The van der Waals surface area contributed by atoms with E-state index < -0.39 is 6.04 Å². The molecule has 0 saturated carbocycles. The second kappa shape index (κ2) is 11.5. The van der Waals surface area contributed by atoms with Gasteiger partial charge in [0.2, 0.25) is 5.91 Å². The van der Waals surface area contributed by atoms with Crippen molar-refractivity contribution in [3.63, 3.8) is 0 Å². The zero-order valence-electron chi connectivity index (χ0n) is 19.9. The summed E-state index contributed by atoms with van der Waals surface area (Å²) < 4.78 is 6.67. The van der Waals surface area contributed by atoms with Gasteiger partial charge in [0.1, 0.15) is 11.8 Å². The van der Waals surface area contributed by atoms with Crippen LogP contribution in [0.2, 0.25) is 0 Å². The molecule has 5 nitrogen and oxygen atoms in total. The number of hydrogen-bond acceptors (Lipinski definition) is 3. The Morgan fingerprint density at radius 3 is 2.28 bits per heavy atom. The van der Waals surface area contributed by atoms with E-state index in [0.29, 0.717) is 24.6 Å². The van der Waals surface area contributed by atoms with Crippen molar-refractivity contribution in [3.05, 3.63) is 64.1 Å². The summed E-state index contributed by atoms with van der Waals surface area (Å²) in [7, 11) is 0. The van der Waals surface area contributed by atoms with Gasteiger partial charge in [0.15, 0.2) is 6.61 Å². The summed E-state index contributed by atoms with van der Waals surface area (Å²) in [6.07, 6.45) is 0.507. The van der Waals surface area contributed by atoms with Gasteiger partial charge in [-0.15, -0.1) is 0 Å². The molecule has 0 aromatic heterocycles. The Balaban J connectivity index is 2.22. The lowest BCUT2D eigenvalue weighted by Gasteiger charge is -2.33. The number of benzene rings is 2. The fraction of sp³-hybridized carbons (Fsp3) is 0.462. The van der Waals surface area contributed by atoms with E-state index in [1.54, 1.807) is 4.90 Å². The quantitative estimate of drug-likeness (QED) is 0.480. The van der Waals surface area contributed by atoms with E-state index in [1.807, 2.05) is 76.2 Å². The van der Waals surface area contributed by atoms with Crippen LogP contribution in [0.4, 0.5) is 0 Å². The Labute approximate surface area is 200 Å². The number of ether oxygens (including phenoxy) is 1. The summed E-state index contributed by atoms with van der Waals surface area (Å²) in [6, 6.07) is 15.0. The highest BCUT2D eigenvalue weighted by Crippen LogP contribution is 2.29. The second-order valence-corrected chi connectivity index (χ2v) is 10.2. The molecule has 32 heavy (non-hydrogen) atoms. The van der Waals surface area contributed by atoms with Crippen molar-refractivity contribution in [3.8, 4) is 5.75 Å². The van der Waals surface area contributed by atoms with Crippen molar-refractivity contribution in [1.29, 1.82) is 0 Å². The lowest BCUT2D eigenvalue weighted by atomic mass is 10.0. The van der Waals surface area contributed by atoms with Gasteiger partial charge >= 0.3 is 0 Å². The highest BCUT2D eigenvalue weighted by Gasteiger charge is 2.31. The number of nitrogens with one attached hydrogen (secondary N) is 1.